The van der Waals surface area contributed by atoms with Crippen LogP contribution in [0.1, 0.15) is 138 Å². The third-order valence-electron chi connectivity index (χ3n) is 20.0. The molecule has 1 aromatic carbocycles. The fourth-order valence-corrected chi connectivity index (χ4v) is 17.2. The number of likely N-dealkylation sites (N-methyl/N-ethyl adjacent to an activating group) is 2. The highest BCUT2D eigenvalue weighted by atomic mass is 32.2. The third kappa shape index (κ3) is 29.4. The van der Waals surface area contributed by atoms with E-state index < -0.39 is 192 Å². The molecule has 2 saturated heterocycles. The normalized spacial score (nSPS) is 20.3. The summed E-state index contributed by atoms with van der Waals surface area (Å²) in [6, 6.07) is 4.45. The zero-order chi connectivity index (χ0) is 86.2. The van der Waals surface area contributed by atoms with Crippen molar-refractivity contribution in [3.05, 3.63) is 48.5 Å². The number of nitrogens with one attached hydrogen (secondary N) is 5. The van der Waals surface area contributed by atoms with Crippen LogP contribution in [0.25, 0.3) is 11.2 Å². The van der Waals surface area contributed by atoms with Crippen LogP contribution >= 0.6 is 35.2 Å². The number of methoxy groups -OCH3 is 2. The Morgan fingerprint density at radius 3 is 2.04 bits per heavy atom. The Balaban J connectivity index is 1.00. The maximum Gasteiger partial charge on any atom is 0.481 e. The smallest absolute Gasteiger partial charge is 0.480 e. The topological polar surface area (TPSA) is 588 Å². The van der Waals surface area contributed by atoms with Gasteiger partial charge in [-0.05, 0) is 49.0 Å². The van der Waals surface area contributed by atoms with E-state index in [-0.39, 0.29) is 85.8 Å². The summed E-state index contributed by atoms with van der Waals surface area (Å²) >= 11 is 0.883. The number of phosphoric acid groups is 3. The minimum absolute atomic E-state index is 0.00450. The van der Waals surface area contributed by atoms with Gasteiger partial charge in [0.25, 0.3) is 0 Å². The number of unbranched alkanes of at least 4 members (excludes halogenated alkanes) is 2. The zero-order valence-corrected chi connectivity index (χ0v) is 70.3. The molecule has 3 aromatic rings. The number of likely N-dealkylation sites (tertiary alicyclic amines) is 1. The maximum atomic E-state index is 14.8. The number of rotatable bonds is 50. The number of benzene rings is 1. The van der Waals surface area contributed by atoms with Crippen molar-refractivity contribution in [3.8, 4) is 0 Å². The number of carboxylic acid groups (broad SMARTS) is 2. The van der Waals surface area contributed by atoms with Crippen LogP contribution in [0.15, 0.2) is 43.0 Å². The maximum absolute atomic E-state index is 14.8. The number of nitrogen functional groups attached to an aromatic ring is 1. The molecule has 8 amide bonds. The van der Waals surface area contributed by atoms with Crippen molar-refractivity contribution in [1.82, 2.24) is 60.8 Å². The van der Waals surface area contributed by atoms with Crippen molar-refractivity contribution in [2.45, 2.75) is 211 Å². The molecule has 15 N–H and O–H groups in total. The van der Waals surface area contributed by atoms with Crippen molar-refractivity contribution < 1.29 is 134 Å². The number of carboxylic acids is 2. The van der Waals surface area contributed by atoms with E-state index in [2.05, 4.69) is 50.4 Å². The number of fused-ring (bicyclic) bond motifs is 1. The molecule has 2 aromatic heterocycles. The number of anilines is 1. The lowest BCUT2D eigenvalue weighted by Gasteiger charge is -2.41. The quantitative estimate of drug-likeness (QED) is 0.0284. The molecule has 115 heavy (non-hydrogen) atoms. The van der Waals surface area contributed by atoms with Crippen molar-refractivity contribution in [3.63, 3.8) is 0 Å². The number of imidazole rings is 1. The monoisotopic (exact) mass is 1710 g/mol. The Labute approximate surface area is 671 Å². The number of aliphatic hydroxyl groups excluding tert-OH is 2. The lowest BCUT2D eigenvalue weighted by molar-refractivity contribution is -0.149. The number of aromatic nitrogens is 4. The van der Waals surface area contributed by atoms with Gasteiger partial charge in [0.15, 0.2) is 17.7 Å². The van der Waals surface area contributed by atoms with E-state index in [0.29, 0.717) is 45.1 Å². The number of aliphatic carboxylic acids is 2. The molecule has 0 spiro atoms. The van der Waals surface area contributed by atoms with Crippen molar-refractivity contribution >= 4 is 111 Å². The lowest BCUT2D eigenvalue weighted by atomic mass is 9.87. The Morgan fingerprint density at radius 1 is 0.774 bits per heavy atom. The fourth-order valence-electron chi connectivity index (χ4n) is 13.5. The second kappa shape index (κ2) is 45.1. The molecular weight excluding hydrogens is 1600 g/mol. The molecule has 2 fully saturated rings. The van der Waals surface area contributed by atoms with Gasteiger partial charge in [0.05, 0.1) is 56.2 Å². The van der Waals surface area contributed by atoms with Crippen LogP contribution in [0.2, 0.25) is 0 Å². The first-order valence-corrected chi connectivity index (χ1v) is 43.1. The zero-order valence-electron chi connectivity index (χ0n) is 66.8. The highest BCUT2D eigenvalue weighted by Crippen LogP contribution is 2.61. The van der Waals surface area contributed by atoms with Crippen LogP contribution in [0, 0.1) is 29.1 Å². The van der Waals surface area contributed by atoms with Crippen LogP contribution in [0.3, 0.4) is 0 Å². The molecule has 4 heterocycles. The number of nitrogens with zero attached hydrogens (tertiary/aromatic N) is 7. The van der Waals surface area contributed by atoms with Gasteiger partial charge in [0.1, 0.15) is 59.6 Å². The second-order valence-electron chi connectivity index (χ2n) is 29.7. The number of carbonyl (C=O) groups is 10. The Hall–Kier alpha value is -7.21. The van der Waals surface area contributed by atoms with E-state index in [1.807, 2.05) is 13.8 Å². The van der Waals surface area contributed by atoms with E-state index in [1.54, 1.807) is 76.9 Å². The number of phosphoric ester groups is 3. The average Bonchev–Trinajstić information content (AvgIpc) is 1.66. The standard InChI is InChI=1S/C70H114N13O28P3S/c1-14-41(6)56(46(105-12)33-52(87)82-30-21-24-45(82)58(106-13)42(7)63(90)78-44(68(94)95)32-43-22-17-15-18-23-43)81(11)66(93)53(39(2)3)79-64(91)55(40(4)5)80(10)51(86)25-19-16-20-27-72-50(85)34-48(69(96)97)115-31-29-73-49(84)26-28-74-65(92)60(89)70(8,9)36-108-114(103,104)111-113(101,102)107-35-47-59(110-112(98,99)100)57(88)67(109-47)83-38-77-54-61(71)75-37-76-62(54)83/h15,17-18,22-23,37-42,44-48,53,55-60,67,88-89H,14,16,19-21,24-36H2,1-13H3,(H,72,85)(H,73,84)(H,74,92)(H,78,90)(H,79,91)(H,94,95)(H,96,97)(H,101,102)(H,103,104)(H2,71,75,76)(H2,98,99,100)/t41-,42+,44-,45-,46+,47-,48?,53-,55-,56-,57-,58+,59-,60-,67-/m0/s1. The summed E-state index contributed by atoms with van der Waals surface area (Å²) in [6.07, 6.45) is -6.56. The highest BCUT2D eigenvalue weighted by Gasteiger charge is 2.51. The van der Waals surface area contributed by atoms with Crippen LogP contribution in [0.5, 0.6) is 0 Å². The van der Waals surface area contributed by atoms with Crippen molar-refractivity contribution in [2.75, 3.05) is 79.2 Å². The minimum atomic E-state index is -5.67. The Bertz CT molecular complexity index is 3920. The van der Waals surface area contributed by atoms with Gasteiger partial charge >= 0.3 is 35.4 Å². The molecule has 45 heteroatoms. The van der Waals surface area contributed by atoms with E-state index in [0.717, 1.165) is 34.5 Å². The van der Waals surface area contributed by atoms with Crippen molar-refractivity contribution in [2.24, 2.45) is 29.1 Å². The van der Waals surface area contributed by atoms with Gasteiger partial charge in [-0.2, -0.15) is 4.31 Å². The molecule has 648 valence electrons. The molecule has 0 saturated carbocycles. The molecule has 2 aliphatic rings. The molecule has 5 rings (SSSR count). The van der Waals surface area contributed by atoms with Crippen LogP contribution in [-0.4, -0.2) is 279 Å². The van der Waals surface area contributed by atoms with Gasteiger partial charge in [-0.25, -0.2) is 33.4 Å². The Morgan fingerprint density at radius 2 is 1.43 bits per heavy atom. The first-order chi connectivity index (χ1) is 53.8. The van der Waals surface area contributed by atoms with Crippen LogP contribution in [-0.2, 0) is 100 Å². The predicted molar refractivity (Wildman–Crippen MR) is 414 cm³/mol. The largest absolute Gasteiger partial charge is 0.481 e. The van der Waals surface area contributed by atoms with Crippen LogP contribution < -0.4 is 32.3 Å². The van der Waals surface area contributed by atoms with Gasteiger partial charge in [-0.15, -0.1) is 11.8 Å². The molecule has 3 unspecified atom stereocenters. The molecule has 0 radical (unpaired) electrons. The highest BCUT2D eigenvalue weighted by molar-refractivity contribution is 8.00. The number of carbonyl (C=O) groups excluding carboxylic acids is 8. The summed E-state index contributed by atoms with van der Waals surface area (Å²) in [6.45, 7) is 13.0. The van der Waals surface area contributed by atoms with E-state index in [9.17, 15) is 102 Å². The van der Waals surface area contributed by atoms with E-state index >= 15 is 0 Å². The summed E-state index contributed by atoms with van der Waals surface area (Å²) in [5, 5.41) is 53.6. The summed E-state index contributed by atoms with van der Waals surface area (Å²) in [5.74, 6) is -8.83. The number of aliphatic hydroxyl groups is 2. The van der Waals surface area contributed by atoms with Gasteiger partial charge in [-0.1, -0.05) is 105 Å². The molecule has 41 nitrogen and oxygen atoms in total. The first-order valence-electron chi connectivity index (χ1n) is 37.6. The third-order valence-corrected chi connectivity index (χ3v) is 24.3. The lowest BCUT2D eigenvalue weighted by Crippen LogP contribution is -2.60. The summed E-state index contributed by atoms with van der Waals surface area (Å²) in [4.78, 5) is 190. The predicted octanol–water partition coefficient (Wildman–Crippen LogP) is 2.01. The molecule has 17 atom stereocenters. The number of hydrogen-bond donors (Lipinski definition) is 14. The molecule has 0 bridgehead atoms. The van der Waals surface area contributed by atoms with E-state index in [4.69, 9.17) is 29.0 Å². The van der Waals surface area contributed by atoms with Gasteiger partial charge in [0, 0.05) is 91.3 Å². The first kappa shape index (κ1) is 98.4. The SMILES string of the molecule is CC[C@H](C)[C@@H]([C@@H](CC(=O)N1CCC[C@H]1[C@H](OC)[C@@H](C)C(=O)N[C@@H](Cc1ccccc1)C(=O)O)OC)N(C)C(=O)[C@@H](NC(=O)[C@H](C(C)C)N(C)C(=O)CCCCCNC(=O)CC(SCCNC(=O)CCNC(=O)[C@H](O)C(C)(C)COP(=O)(O)OP(=O)(O)OC[C@@H]1O[C@H](n2cnc3c(N)ncnc32)[C@@H](O)[C@H]1OP(=O)(O)O)C(=O)O)C(C)C. The van der Waals surface area contributed by atoms with Gasteiger partial charge < -0.3 is 101 Å². The fraction of sp³-hybridized carbons (Fsp3) is 0.700. The summed E-state index contributed by atoms with van der Waals surface area (Å²) in [7, 11) is -10.7. The van der Waals surface area contributed by atoms with E-state index in [1.165, 1.54) is 44.9 Å². The minimum Gasteiger partial charge on any atom is -0.480 e. The second-order valence-corrected chi connectivity index (χ2v) is 35.3. The van der Waals surface area contributed by atoms with Crippen molar-refractivity contribution in [1.29, 1.82) is 0 Å². The summed E-state index contributed by atoms with van der Waals surface area (Å²) in [5.41, 5.74) is 4.85. The number of ether oxygens (including phenoxy) is 3. The number of amides is 8. The number of nitrogens with two attached hydrogens (primary N) is 1. The van der Waals surface area contributed by atoms with Gasteiger partial charge in [0.2, 0.25) is 47.3 Å². The van der Waals surface area contributed by atoms with Crippen LogP contribution in [0.4, 0.5) is 5.82 Å². The van der Waals surface area contributed by atoms with Gasteiger partial charge in [-0.3, -0.25) is 61.3 Å². The Kier molecular flexibility index (Phi) is 38.6. The average molecular weight is 1710 g/mol. The number of hydrogen-bond acceptors (Lipinski definition) is 27. The molecule has 2 aliphatic heterocycles. The number of thioether (sulfide) groups is 1. The summed E-state index contributed by atoms with van der Waals surface area (Å²) < 4.78 is 74.8. The molecule has 0 aliphatic carbocycles. The molecular formula is C70H114N13O28P3S.